The van der Waals surface area contributed by atoms with Gasteiger partial charge in [0.15, 0.2) is 0 Å². The van der Waals surface area contributed by atoms with Gasteiger partial charge in [0, 0.05) is 19.7 Å². The van der Waals surface area contributed by atoms with Gasteiger partial charge in [0.2, 0.25) is 18.0 Å². The largest absolute Gasteiger partial charge is 0.466 e. The molecular weight excluding hydrogens is 390 g/mol. The van der Waals surface area contributed by atoms with Gasteiger partial charge in [-0.05, 0) is 24.3 Å². The third kappa shape index (κ3) is 6.31. The molecule has 5 amide bonds. The molecule has 2 aromatic carbocycles. The Morgan fingerprint density at radius 2 is 1.57 bits per heavy atom. The van der Waals surface area contributed by atoms with E-state index < -0.39 is 24.1 Å². The van der Waals surface area contributed by atoms with E-state index in [-0.39, 0.29) is 12.5 Å². The number of likely N-dealkylation sites (N-methyl/N-ethyl adjacent to an activating group) is 1. The Hall–Kier alpha value is -3.92. The van der Waals surface area contributed by atoms with Gasteiger partial charge in [0.1, 0.15) is 5.75 Å². The molecule has 0 saturated carbocycles. The number of imide groups is 1. The third-order valence-corrected chi connectivity index (χ3v) is 3.93. The van der Waals surface area contributed by atoms with Crippen molar-refractivity contribution in [3.8, 4) is 5.75 Å². The van der Waals surface area contributed by atoms with Gasteiger partial charge in [-0.3, -0.25) is 19.7 Å². The van der Waals surface area contributed by atoms with Gasteiger partial charge in [-0.1, -0.05) is 36.4 Å². The van der Waals surface area contributed by atoms with Gasteiger partial charge in [-0.15, -0.1) is 0 Å². The van der Waals surface area contributed by atoms with E-state index in [1.165, 1.54) is 4.90 Å². The molecule has 0 aliphatic rings. The number of hydrogen-bond acceptors (Lipinski definition) is 6. The number of amides is 5. The molecule has 10 nitrogen and oxygen atoms in total. The average molecular weight is 413 g/mol. The SMILES string of the molecule is CC(=O)N(NC(N)=O)C(=O)C(NCC(=O)N(C)c1ccccc1)Oc1ccccc1. The number of carbonyl (C=O) groups excluding carboxylic acids is 4. The number of hydrazine groups is 1. The first-order valence-electron chi connectivity index (χ1n) is 8.97. The highest BCUT2D eigenvalue weighted by Gasteiger charge is 2.30. The minimum absolute atomic E-state index is 0.281. The summed E-state index contributed by atoms with van der Waals surface area (Å²) in [6.45, 7) is 0.790. The van der Waals surface area contributed by atoms with Crippen LogP contribution in [-0.4, -0.2) is 48.6 Å². The van der Waals surface area contributed by atoms with E-state index in [0.29, 0.717) is 16.4 Å². The lowest BCUT2D eigenvalue weighted by Gasteiger charge is -2.26. The quantitative estimate of drug-likeness (QED) is 0.450. The fraction of sp³-hybridized carbons (Fsp3) is 0.200. The number of benzene rings is 2. The van der Waals surface area contributed by atoms with Gasteiger partial charge in [-0.25, -0.2) is 10.2 Å². The summed E-state index contributed by atoms with van der Waals surface area (Å²) < 4.78 is 5.61. The summed E-state index contributed by atoms with van der Waals surface area (Å²) in [5, 5.41) is 3.10. The van der Waals surface area contributed by atoms with Crippen molar-refractivity contribution < 1.29 is 23.9 Å². The summed E-state index contributed by atoms with van der Waals surface area (Å²) >= 11 is 0. The highest BCUT2D eigenvalue weighted by Crippen LogP contribution is 2.13. The molecule has 2 aromatic rings. The standard InChI is InChI=1S/C20H23N5O5/c1-14(26)25(23-20(21)29)19(28)18(30-16-11-7-4-8-12-16)22-13-17(27)24(2)15-9-5-3-6-10-15/h3-12,18,22H,13H2,1-2H3,(H3,21,23,29). The lowest BCUT2D eigenvalue weighted by molar-refractivity contribution is -0.152. The van der Waals surface area contributed by atoms with Crippen LogP contribution in [0.15, 0.2) is 60.7 Å². The third-order valence-electron chi connectivity index (χ3n) is 3.93. The fourth-order valence-corrected chi connectivity index (χ4v) is 2.43. The molecule has 30 heavy (non-hydrogen) atoms. The normalized spacial score (nSPS) is 11.1. The van der Waals surface area contributed by atoms with E-state index in [2.05, 4.69) is 5.32 Å². The van der Waals surface area contributed by atoms with E-state index >= 15 is 0 Å². The minimum atomic E-state index is -1.45. The van der Waals surface area contributed by atoms with Crippen LogP contribution < -0.4 is 26.1 Å². The van der Waals surface area contributed by atoms with Crippen LogP contribution in [0, 0.1) is 0 Å². The number of urea groups is 1. The Balaban J connectivity index is 2.16. The molecular formula is C20H23N5O5. The molecule has 0 saturated heterocycles. The maximum atomic E-state index is 12.8. The van der Waals surface area contributed by atoms with Crippen molar-refractivity contribution in [2.75, 3.05) is 18.5 Å². The van der Waals surface area contributed by atoms with Crippen molar-refractivity contribution in [3.05, 3.63) is 60.7 Å². The molecule has 2 rings (SSSR count). The number of carbonyl (C=O) groups is 4. The Kier molecular flexibility index (Phi) is 7.89. The molecule has 0 radical (unpaired) electrons. The summed E-state index contributed by atoms with van der Waals surface area (Å²) in [5.41, 5.74) is 7.63. The summed E-state index contributed by atoms with van der Waals surface area (Å²) in [7, 11) is 1.59. The Morgan fingerprint density at radius 1 is 1.00 bits per heavy atom. The molecule has 0 aliphatic heterocycles. The zero-order valence-corrected chi connectivity index (χ0v) is 16.6. The number of nitrogens with one attached hydrogen (secondary N) is 2. The maximum Gasteiger partial charge on any atom is 0.331 e. The smallest absolute Gasteiger partial charge is 0.331 e. The first-order chi connectivity index (χ1) is 14.3. The highest BCUT2D eigenvalue weighted by atomic mass is 16.5. The van der Waals surface area contributed by atoms with Gasteiger partial charge >= 0.3 is 11.9 Å². The van der Waals surface area contributed by atoms with Crippen molar-refractivity contribution in [2.45, 2.75) is 13.2 Å². The second-order valence-corrected chi connectivity index (χ2v) is 6.15. The fourth-order valence-electron chi connectivity index (χ4n) is 2.43. The molecule has 0 heterocycles. The second kappa shape index (κ2) is 10.6. The van der Waals surface area contributed by atoms with Gasteiger partial charge in [-0.2, -0.15) is 5.01 Å². The molecule has 4 N–H and O–H groups in total. The number of primary amides is 1. The number of hydrogen-bond donors (Lipinski definition) is 3. The summed E-state index contributed by atoms with van der Waals surface area (Å²) in [4.78, 5) is 49.7. The molecule has 1 atom stereocenters. The minimum Gasteiger partial charge on any atom is -0.466 e. The molecule has 1 unspecified atom stereocenters. The molecule has 0 spiro atoms. The van der Waals surface area contributed by atoms with E-state index in [1.54, 1.807) is 61.6 Å². The summed E-state index contributed by atoms with van der Waals surface area (Å²) in [6.07, 6.45) is -1.45. The lowest BCUT2D eigenvalue weighted by Crippen LogP contribution is -2.59. The molecule has 0 aromatic heterocycles. The molecule has 0 aliphatic carbocycles. The summed E-state index contributed by atoms with van der Waals surface area (Å²) in [6, 6.07) is 16.2. The second-order valence-electron chi connectivity index (χ2n) is 6.15. The van der Waals surface area contributed by atoms with E-state index in [1.807, 2.05) is 11.5 Å². The van der Waals surface area contributed by atoms with Gasteiger partial charge in [0.25, 0.3) is 0 Å². The van der Waals surface area contributed by atoms with Crippen LogP contribution in [0.3, 0.4) is 0 Å². The lowest BCUT2D eigenvalue weighted by atomic mass is 10.3. The monoisotopic (exact) mass is 413 g/mol. The van der Waals surface area contributed by atoms with Crippen LogP contribution in [0.25, 0.3) is 0 Å². The first kappa shape index (κ1) is 22.4. The van der Waals surface area contributed by atoms with Gasteiger partial charge in [0.05, 0.1) is 6.54 Å². The number of nitrogens with zero attached hydrogens (tertiary/aromatic N) is 2. The number of nitrogens with two attached hydrogens (primary N) is 1. The maximum absolute atomic E-state index is 12.8. The van der Waals surface area contributed by atoms with Crippen LogP contribution in [0.1, 0.15) is 6.92 Å². The molecule has 10 heteroatoms. The predicted molar refractivity (Wildman–Crippen MR) is 109 cm³/mol. The average Bonchev–Trinajstić information content (AvgIpc) is 2.74. The number of ether oxygens (including phenoxy) is 1. The summed E-state index contributed by atoms with van der Waals surface area (Å²) in [5.74, 6) is -1.77. The van der Waals surface area contributed by atoms with Crippen molar-refractivity contribution in [2.24, 2.45) is 5.73 Å². The first-order valence-corrected chi connectivity index (χ1v) is 8.97. The number of anilines is 1. The van der Waals surface area contributed by atoms with Crippen molar-refractivity contribution in [3.63, 3.8) is 0 Å². The van der Waals surface area contributed by atoms with E-state index in [9.17, 15) is 19.2 Å². The number of rotatable bonds is 7. The Labute approximate surface area is 173 Å². The molecule has 0 bridgehead atoms. The highest BCUT2D eigenvalue weighted by molar-refractivity contribution is 5.98. The van der Waals surface area contributed by atoms with Crippen molar-refractivity contribution in [1.29, 1.82) is 0 Å². The Morgan fingerprint density at radius 3 is 2.10 bits per heavy atom. The molecule has 158 valence electrons. The van der Waals surface area contributed by atoms with Crippen LogP contribution in [0.5, 0.6) is 5.75 Å². The Bertz CT molecular complexity index is 891. The van der Waals surface area contributed by atoms with Crippen LogP contribution in [0.2, 0.25) is 0 Å². The van der Waals surface area contributed by atoms with E-state index in [4.69, 9.17) is 10.5 Å². The molecule has 0 fully saturated rings. The van der Waals surface area contributed by atoms with Gasteiger partial charge < -0.3 is 15.4 Å². The van der Waals surface area contributed by atoms with Crippen LogP contribution in [0.4, 0.5) is 10.5 Å². The predicted octanol–water partition coefficient (Wildman–Crippen LogP) is 0.603. The van der Waals surface area contributed by atoms with Crippen molar-refractivity contribution in [1.82, 2.24) is 15.8 Å². The topological polar surface area (TPSA) is 134 Å². The van der Waals surface area contributed by atoms with E-state index in [0.717, 1.165) is 6.92 Å². The zero-order chi connectivity index (χ0) is 22.1. The van der Waals surface area contributed by atoms with Crippen LogP contribution >= 0.6 is 0 Å². The zero-order valence-electron chi connectivity index (χ0n) is 16.6. The van der Waals surface area contributed by atoms with Crippen molar-refractivity contribution >= 4 is 29.4 Å². The number of para-hydroxylation sites is 2. The van der Waals surface area contributed by atoms with Crippen LogP contribution in [-0.2, 0) is 14.4 Å².